The van der Waals surface area contributed by atoms with Gasteiger partial charge in [-0.15, -0.1) is 0 Å². The maximum atomic E-state index is 12.4. The van der Waals surface area contributed by atoms with E-state index in [4.69, 9.17) is 4.52 Å². The van der Waals surface area contributed by atoms with Gasteiger partial charge in [-0.05, 0) is 13.8 Å². The highest BCUT2D eigenvalue weighted by atomic mass is 16.5. The van der Waals surface area contributed by atoms with Gasteiger partial charge >= 0.3 is 5.69 Å². The van der Waals surface area contributed by atoms with Crippen molar-refractivity contribution in [1.82, 2.24) is 24.5 Å². The first-order valence-electron chi connectivity index (χ1n) is 8.15. The Morgan fingerprint density at radius 3 is 2.56 bits per heavy atom. The zero-order chi connectivity index (χ0) is 18.0. The molecular weight excluding hydrogens is 326 g/mol. The Labute approximate surface area is 143 Å². The van der Waals surface area contributed by atoms with E-state index in [9.17, 15) is 14.4 Å². The van der Waals surface area contributed by atoms with Gasteiger partial charge in [0.05, 0.1) is 5.69 Å². The number of H-pyrrole nitrogens is 1. The number of hydrogen-bond donors (Lipinski definition) is 1. The first-order chi connectivity index (χ1) is 11.9. The molecule has 2 aromatic rings. The summed E-state index contributed by atoms with van der Waals surface area (Å²) >= 11 is 0. The van der Waals surface area contributed by atoms with E-state index in [2.05, 4.69) is 15.0 Å². The third-order valence-corrected chi connectivity index (χ3v) is 4.49. The lowest BCUT2D eigenvalue weighted by Crippen LogP contribution is -2.49. The monoisotopic (exact) mass is 347 g/mol. The summed E-state index contributed by atoms with van der Waals surface area (Å²) in [5.41, 5.74) is 0.951. The second-order valence-electron chi connectivity index (χ2n) is 6.20. The van der Waals surface area contributed by atoms with Crippen LogP contribution in [0.1, 0.15) is 17.0 Å². The number of carbonyl (C=O) groups excluding carboxylic acids is 1. The largest absolute Gasteiger partial charge is 0.361 e. The van der Waals surface area contributed by atoms with Crippen LogP contribution in [0.25, 0.3) is 0 Å². The highest BCUT2D eigenvalue weighted by Gasteiger charge is 2.23. The first kappa shape index (κ1) is 17.2. The third kappa shape index (κ3) is 3.87. The number of nitrogens with one attached hydrogen (secondary N) is 1. The molecule has 9 heteroatoms. The Bertz CT molecular complexity index is 854. The number of rotatable bonds is 4. The molecule has 25 heavy (non-hydrogen) atoms. The molecule has 0 saturated carbocycles. The average molecular weight is 347 g/mol. The molecule has 9 nitrogen and oxygen atoms in total. The smallest absolute Gasteiger partial charge is 0.328 e. The van der Waals surface area contributed by atoms with Crippen molar-refractivity contribution < 1.29 is 9.32 Å². The highest BCUT2D eigenvalue weighted by molar-refractivity contribution is 5.76. The summed E-state index contributed by atoms with van der Waals surface area (Å²) < 4.78 is 6.39. The fourth-order valence-corrected chi connectivity index (χ4v) is 2.92. The predicted octanol–water partition coefficient (Wildman–Crippen LogP) is -0.514. The highest BCUT2D eigenvalue weighted by Crippen LogP contribution is 2.16. The van der Waals surface area contributed by atoms with Crippen LogP contribution >= 0.6 is 0 Å². The van der Waals surface area contributed by atoms with Crippen molar-refractivity contribution in [1.29, 1.82) is 0 Å². The normalized spacial score (nSPS) is 15.5. The van der Waals surface area contributed by atoms with Crippen molar-refractivity contribution in [2.45, 2.75) is 26.9 Å². The Morgan fingerprint density at radius 1 is 1.24 bits per heavy atom. The number of nitrogens with zero attached hydrogens (tertiary/aromatic N) is 4. The van der Waals surface area contributed by atoms with Crippen LogP contribution in [-0.4, -0.2) is 56.6 Å². The third-order valence-electron chi connectivity index (χ3n) is 4.49. The van der Waals surface area contributed by atoms with E-state index < -0.39 is 11.2 Å². The second-order valence-corrected chi connectivity index (χ2v) is 6.20. The van der Waals surface area contributed by atoms with Crippen LogP contribution < -0.4 is 11.2 Å². The van der Waals surface area contributed by atoms with E-state index in [0.29, 0.717) is 13.1 Å². The molecule has 1 fully saturated rings. The average Bonchev–Trinajstić information content (AvgIpc) is 2.90. The molecule has 0 spiro atoms. The molecule has 1 N–H and O–H groups in total. The number of amides is 1. The standard InChI is InChI=1S/C16H21N5O4/c1-11-13(12(2)25-18-11)9-19-5-7-20(8-6-19)15(23)10-21-4-3-14(22)17-16(21)24/h3-4H,5-10H2,1-2H3,(H,17,22,24). The minimum Gasteiger partial charge on any atom is -0.361 e. The molecule has 2 aromatic heterocycles. The van der Waals surface area contributed by atoms with Crippen LogP contribution in [0.2, 0.25) is 0 Å². The van der Waals surface area contributed by atoms with Crippen molar-refractivity contribution in [2.24, 2.45) is 0 Å². The van der Waals surface area contributed by atoms with Crippen molar-refractivity contribution >= 4 is 5.91 Å². The number of aromatic amines is 1. The summed E-state index contributed by atoms with van der Waals surface area (Å²) in [6.45, 7) is 7.19. The van der Waals surface area contributed by atoms with Crippen LogP contribution in [0.5, 0.6) is 0 Å². The van der Waals surface area contributed by atoms with Crippen LogP contribution in [0.4, 0.5) is 0 Å². The lowest BCUT2D eigenvalue weighted by molar-refractivity contribution is -0.133. The fourth-order valence-electron chi connectivity index (χ4n) is 2.92. The summed E-state index contributed by atoms with van der Waals surface area (Å²) in [4.78, 5) is 41.2. The van der Waals surface area contributed by atoms with Gasteiger partial charge in [0, 0.05) is 50.6 Å². The van der Waals surface area contributed by atoms with E-state index in [-0.39, 0.29) is 12.5 Å². The number of hydrogen-bond acceptors (Lipinski definition) is 6. The predicted molar refractivity (Wildman–Crippen MR) is 89.2 cm³/mol. The maximum Gasteiger partial charge on any atom is 0.328 e. The number of aromatic nitrogens is 3. The van der Waals surface area contributed by atoms with Gasteiger partial charge in [-0.1, -0.05) is 5.16 Å². The Kier molecular flexibility index (Phi) is 4.84. The molecule has 0 unspecified atom stereocenters. The molecule has 3 heterocycles. The van der Waals surface area contributed by atoms with E-state index in [1.54, 1.807) is 4.90 Å². The quantitative estimate of drug-likeness (QED) is 0.798. The molecule has 134 valence electrons. The molecule has 0 radical (unpaired) electrons. The van der Waals surface area contributed by atoms with Gasteiger partial charge in [0.2, 0.25) is 5.91 Å². The number of piperazine rings is 1. The topological polar surface area (TPSA) is 104 Å². The minimum absolute atomic E-state index is 0.0700. The molecule has 1 aliphatic rings. The first-order valence-corrected chi connectivity index (χ1v) is 8.15. The van der Waals surface area contributed by atoms with E-state index in [0.717, 1.165) is 36.7 Å². The van der Waals surface area contributed by atoms with Gasteiger partial charge in [0.25, 0.3) is 5.56 Å². The van der Waals surface area contributed by atoms with Gasteiger partial charge in [-0.3, -0.25) is 24.0 Å². The minimum atomic E-state index is -0.571. The molecule has 1 saturated heterocycles. The SMILES string of the molecule is Cc1noc(C)c1CN1CCN(C(=O)Cn2ccc(=O)[nH]c2=O)CC1. The fraction of sp³-hybridized carbons (Fsp3) is 0.500. The van der Waals surface area contributed by atoms with E-state index >= 15 is 0 Å². The second kappa shape index (κ2) is 7.06. The van der Waals surface area contributed by atoms with Crippen molar-refractivity contribution in [3.05, 3.63) is 50.1 Å². The summed E-state index contributed by atoms with van der Waals surface area (Å²) in [6.07, 6.45) is 1.34. The molecule has 1 aliphatic heterocycles. The van der Waals surface area contributed by atoms with Crippen molar-refractivity contribution in [2.75, 3.05) is 26.2 Å². The molecule has 0 aromatic carbocycles. The van der Waals surface area contributed by atoms with Crippen molar-refractivity contribution in [3.63, 3.8) is 0 Å². The van der Waals surface area contributed by atoms with Gasteiger partial charge in [-0.25, -0.2) is 4.79 Å². The van der Waals surface area contributed by atoms with Crippen LogP contribution in [0.15, 0.2) is 26.4 Å². The molecule has 3 rings (SSSR count). The lowest BCUT2D eigenvalue weighted by atomic mass is 10.2. The maximum absolute atomic E-state index is 12.4. The zero-order valence-electron chi connectivity index (χ0n) is 14.3. The molecular formula is C16H21N5O4. The van der Waals surface area contributed by atoms with E-state index in [1.807, 2.05) is 13.8 Å². The van der Waals surface area contributed by atoms with Crippen LogP contribution in [-0.2, 0) is 17.9 Å². The van der Waals surface area contributed by atoms with Crippen LogP contribution in [0, 0.1) is 13.8 Å². The molecule has 0 aliphatic carbocycles. The van der Waals surface area contributed by atoms with Gasteiger partial charge in [0.15, 0.2) is 0 Å². The number of carbonyl (C=O) groups is 1. The van der Waals surface area contributed by atoms with Crippen LogP contribution in [0.3, 0.4) is 0 Å². The Morgan fingerprint density at radius 2 is 1.96 bits per heavy atom. The van der Waals surface area contributed by atoms with Gasteiger partial charge in [-0.2, -0.15) is 0 Å². The molecule has 0 bridgehead atoms. The van der Waals surface area contributed by atoms with Gasteiger partial charge in [0.1, 0.15) is 12.3 Å². The summed E-state index contributed by atoms with van der Waals surface area (Å²) in [5, 5.41) is 3.96. The Hall–Kier alpha value is -2.68. The summed E-state index contributed by atoms with van der Waals surface area (Å²) in [6, 6.07) is 1.23. The molecule has 1 amide bonds. The summed E-state index contributed by atoms with van der Waals surface area (Å²) in [7, 11) is 0. The zero-order valence-corrected chi connectivity index (χ0v) is 14.3. The molecule has 0 atom stereocenters. The van der Waals surface area contributed by atoms with E-state index in [1.165, 1.54) is 16.8 Å². The Balaban J connectivity index is 1.56. The van der Waals surface area contributed by atoms with Crippen molar-refractivity contribution in [3.8, 4) is 0 Å². The lowest BCUT2D eigenvalue weighted by Gasteiger charge is -2.34. The number of aryl methyl sites for hydroxylation is 2. The van der Waals surface area contributed by atoms with Gasteiger partial charge < -0.3 is 9.42 Å². The summed E-state index contributed by atoms with van der Waals surface area (Å²) in [5.74, 6) is 0.694.